The topological polar surface area (TPSA) is 119 Å². The third-order valence-corrected chi connectivity index (χ3v) is 4.31. The highest BCUT2D eigenvalue weighted by Crippen LogP contribution is 2.16. The molecule has 162 valence electrons. The molecule has 32 heavy (non-hydrogen) atoms. The van der Waals surface area contributed by atoms with Gasteiger partial charge in [-0.3, -0.25) is 4.79 Å². The van der Waals surface area contributed by atoms with Crippen molar-refractivity contribution >= 4 is 29.5 Å². The minimum atomic E-state index is -2.08. The predicted molar refractivity (Wildman–Crippen MR) is 114 cm³/mol. The number of anilines is 1. The van der Waals surface area contributed by atoms with E-state index in [4.69, 9.17) is 9.47 Å². The van der Waals surface area contributed by atoms with Gasteiger partial charge < -0.3 is 19.9 Å². The van der Waals surface area contributed by atoms with Gasteiger partial charge in [-0.15, -0.1) is 0 Å². The Morgan fingerprint density at radius 1 is 0.625 bits per heavy atom. The van der Waals surface area contributed by atoms with Gasteiger partial charge >= 0.3 is 17.9 Å². The maximum Gasteiger partial charge on any atom is 0.349 e. The van der Waals surface area contributed by atoms with Gasteiger partial charge in [-0.05, 0) is 36.4 Å². The van der Waals surface area contributed by atoms with Crippen molar-refractivity contribution in [2.45, 2.75) is 12.2 Å². The molecule has 0 spiro atoms. The quantitative estimate of drug-likeness (QED) is 0.524. The van der Waals surface area contributed by atoms with E-state index in [2.05, 4.69) is 5.32 Å². The molecule has 3 aromatic carbocycles. The largest absolute Gasteiger partial charge is 0.478 e. The molecule has 0 bridgehead atoms. The summed E-state index contributed by atoms with van der Waals surface area (Å²) in [5, 5.41) is 12.2. The lowest BCUT2D eigenvalue weighted by atomic mass is 10.1. The van der Waals surface area contributed by atoms with E-state index in [9.17, 15) is 24.3 Å². The lowest BCUT2D eigenvalue weighted by Gasteiger charge is -2.23. The number of carbonyl (C=O) groups excluding carboxylic acids is 3. The molecule has 0 aliphatic rings. The number of hydrogen-bond donors (Lipinski definition) is 2. The van der Waals surface area contributed by atoms with Crippen LogP contribution < -0.4 is 5.32 Å². The number of aliphatic carboxylic acids is 1. The fraction of sp³-hybridized carbons (Fsp3) is 0.0833. The molecule has 2 N–H and O–H groups in total. The number of esters is 2. The van der Waals surface area contributed by atoms with Crippen LogP contribution in [-0.2, 0) is 19.1 Å². The second-order valence-electron chi connectivity index (χ2n) is 6.58. The molecule has 0 radical (unpaired) electrons. The first-order chi connectivity index (χ1) is 15.5. The van der Waals surface area contributed by atoms with Gasteiger partial charge in [-0.1, -0.05) is 54.6 Å². The van der Waals surface area contributed by atoms with Crippen molar-refractivity contribution in [3.8, 4) is 0 Å². The lowest BCUT2D eigenvalue weighted by Crippen LogP contribution is -2.48. The van der Waals surface area contributed by atoms with Crippen molar-refractivity contribution in [3.05, 3.63) is 102 Å². The van der Waals surface area contributed by atoms with Crippen LogP contribution in [0.25, 0.3) is 0 Å². The third kappa shape index (κ3) is 5.79. The van der Waals surface area contributed by atoms with Gasteiger partial charge in [-0.25, -0.2) is 14.4 Å². The summed E-state index contributed by atoms with van der Waals surface area (Å²) < 4.78 is 10.3. The maximum atomic E-state index is 12.9. The number of carboxylic acid groups (broad SMARTS) is 1. The Kier molecular flexibility index (Phi) is 7.32. The average Bonchev–Trinajstić information content (AvgIpc) is 2.82. The molecule has 2 atom stereocenters. The van der Waals surface area contributed by atoms with Gasteiger partial charge in [0.1, 0.15) is 0 Å². The van der Waals surface area contributed by atoms with Gasteiger partial charge in [0.2, 0.25) is 12.2 Å². The highest BCUT2D eigenvalue weighted by atomic mass is 16.6. The molecule has 0 saturated heterocycles. The Morgan fingerprint density at radius 2 is 1.03 bits per heavy atom. The van der Waals surface area contributed by atoms with Gasteiger partial charge in [-0.2, -0.15) is 0 Å². The van der Waals surface area contributed by atoms with E-state index in [1.807, 2.05) is 0 Å². The number of amides is 1. The minimum Gasteiger partial charge on any atom is -0.478 e. The van der Waals surface area contributed by atoms with Crippen LogP contribution in [0, 0.1) is 0 Å². The van der Waals surface area contributed by atoms with Crippen LogP contribution in [0.2, 0.25) is 0 Å². The number of carbonyl (C=O) groups is 4. The standard InChI is InChI=1S/C24H19NO7/c26-21(25-18-14-8-3-9-15-18)19(31-23(29)16-10-4-1-5-11-16)20(22(27)28)32-24(30)17-12-6-2-7-13-17/h1-15,19-20H,(H,25,26)(H,27,28)/t19-,20+/m0/s1. The Bertz CT molecular complexity index is 1090. The van der Waals surface area contributed by atoms with Crippen molar-refractivity contribution in [2.24, 2.45) is 0 Å². The number of rotatable bonds is 8. The molecule has 0 fully saturated rings. The molecule has 0 saturated carbocycles. The van der Waals surface area contributed by atoms with Crippen LogP contribution in [0.15, 0.2) is 91.0 Å². The lowest BCUT2D eigenvalue weighted by molar-refractivity contribution is -0.157. The van der Waals surface area contributed by atoms with Crippen molar-refractivity contribution in [1.29, 1.82) is 0 Å². The van der Waals surface area contributed by atoms with E-state index < -0.39 is 36.0 Å². The number of para-hydroxylation sites is 1. The predicted octanol–water partition coefficient (Wildman–Crippen LogP) is 3.16. The molecule has 8 heteroatoms. The first-order valence-electron chi connectivity index (χ1n) is 9.56. The molecular formula is C24H19NO7. The van der Waals surface area contributed by atoms with E-state index in [-0.39, 0.29) is 11.1 Å². The second kappa shape index (κ2) is 10.5. The summed E-state index contributed by atoms with van der Waals surface area (Å²) in [6.45, 7) is 0. The first-order valence-corrected chi connectivity index (χ1v) is 9.56. The van der Waals surface area contributed by atoms with Crippen LogP contribution >= 0.6 is 0 Å². The van der Waals surface area contributed by atoms with Gasteiger partial charge in [0.15, 0.2) is 0 Å². The second-order valence-corrected chi connectivity index (χ2v) is 6.58. The maximum absolute atomic E-state index is 12.9. The third-order valence-electron chi connectivity index (χ3n) is 4.31. The Hall–Kier alpha value is -4.46. The Balaban J connectivity index is 1.88. The van der Waals surface area contributed by atoms with Gasteiger partial charge in [0.25, 0.3) is 5.91 Å². The Morgan fingerprint density at radius 3 is 1.47 bits per heavy atom. The molecule has 3 rings (SSSR count). The zero-order valence-corrected chi connectivity index (χ0v) is 16.7. The summed E-state index contributed by atoms with van der Waals surface area (Å²) in [4.78, 5) is 49.8. The van der Waals surface area contributed by atoms with Crippen LogP contribution in [0.1, 0.15) is 20.7 Å². The van der Waals surface area contributed by atoms with Crippen LogP contribution in [0.3, 0.4) is 0 Å². The van der Waals surface area contributed by atoms with E-state index in [0.717, 1.165) is 0 Å². The molecule has 0 aromatic heterocycles. The van der Waals surface area contributed by atoms with E-state index in [0.29, 0.717) is 5.69 Å². The summed E-state index contributed by atoms with van der Waals surface area (Å²) in [5.41, 5.74) is 0.524. The number of carboxylic acids is 1. The minimum absolute atomic E-state index is 0.0790. The summed E-state index contributed by atoms with van der Waals surface area (Å²) in [5.74, 6) is -4.54. The van der Waals surface area contributed by atoms with Crippen LogP contribution in [0.5, 0.6) is 0 Å². The Labute approximate surface area is 183 Å². The smallest absolute Gasteiger partial charge is 0.349 e. The van der Waals surface area contributed by atoms with Crippen LogP contribution in [-0.4, -0.2) is 41.1 Å². The highest BCUT2D eigenvalue weighted by Gasteiger charge is 2.41. The summed E-state index contributed by atoms with van der Waals surface area (Å²) in [6.07, 6.45) is -4.04. The normalized spacial score (nSPS) is 12.1. The zero-order valence-electron chi connectivity index (χ0n) is 16.7. The van der Waals surface area contributed by atoms with Crippen molar-refractivity contribution in [1.82, 2.24) is 0 Å². The number of nitrogens with one attached hydrogen (secondary N) is 1. The SMILES string of the molecule is O=C(O[C@H](C(=O)Nc1ccccc1)[C@@H](OC(=O)c1ccccc1)C(=O)O)c1ccccc1. The van der Waals surface area contributed by atoms with E-state index in [1.54, 1.807) is 66.7 Å². The monoisotopic (exact) mass is 433 g/mol. The number of hydrogen-bond acceptors (Lipinski definition) is 6. The highest BCUT2D eigenvalue weighted by molar-refractivity contribution is 6.01. The molecule has 0 aliphatic heterocycles. The molecular weight excluding hydrogens is 414 g/mol. The summed E-state index contributed by atoms with van der Waals surface area (Å²) in [7, 11) is 0. The number of benzene rings is 3. The fourth-order valence-electron chi connectivity index (χ4n) is 2.74. The fourth-order valence-corrected chi connectivity index (χ4v) is 2.74. The van der Waals surface area contributed by atoms with Gasteiger partial charge in [0.05, 0.1) is 11.1 Å². The van der Waals surface area contributed by atoms with Crippen LogP contribution in [0.4, 0.5) is 5.69 Å². The first kappa shape index (κ1) is 22.2. The van der Waals surface area contributed by atoms with Gasteiger partial charge in [0, 0.05) is 5.69 Å². The van der Waals surface area contributed by atoms with Crippen molar-refractivity contribution in [2.75, 3.05) is 5.32 Å². The summed E-state index contributed by atoms with van der Waals surface area (Å²) in [6, 6.07) is 23.6. The molecule has 0 aliphatic carbocycles. The summed E-state index contributed by atoms with van der Waals surface area (Å²) >= 11 is 0. The molecule has 8 nitrogen and oxygen atoms in total. The zero-order chi connectivity index (χ0) is 22.9. The van der Waals surface area contributed by atoms with E-state index in [1.165, 1.54) is 24.3 Å². The molecule has 3 aromatic rings. The average molecular weight is 433 g/mol. The number of ether oxygens (including phenoxy) is 2. The van der Waals surface area contributed by atoms with E-state index >= 15 is 0 Å². The van der Waals surface area contributed by atoms with Crippen molar-refractivity contribution in [3.63, 3.8) is 0 Å². The molecule has 0 heterocycles. The van der Waals surface area contributed by atoms with Crippen molar-refractivity contribution < 1.29 is 33.8 Å². The molecule has 0 unspecified atom stereocenters. The molecule has 1 amide bonds.